The van der Waals surface area contributed by atoms with Gasteiger partial charge < -0.3 is 5.32 Å². The maximum Gasteiger partial charge on any atom is 0.251 e. The standard InChI is InChI=1S/C9H7N5/c1-2-4-8-7(3-1)5-6-10-9-11-12-13-14(8)9/h1-6H,(H,10,11,13). The number of aromatic nitrogens is 4. The topological polar surface area (TPSA) is 55.6 Å². The van der Waals surface area contributed by atoms with Crippen molar-refractivity contribution in [1.82, 2.24) is 20.2 Å². The van der Waals surface area contributed by atoms with Crippen LogP contribution >= 0.6 is 0 Å². The van der Waals surface area contributed by atoms with Crippen molar-refractivity contribution in [3.8, 4) is 5.69 Å². The number of hydrogen-bond donors (Lipinski definition) is 1. The van der Waals surface area contributed by atoms with Crippen LogP contribution in [0.5, 0.6) is 0 Å². The minimum Gasteiger partial charge on any atom is -0.329 e. The normalized spacial score (nSPS) is 12.6. The second kappa shape index (κ2) is 2.66. The predicted molar refractivity (Wildman–Crippen MR) is 51.8 cm³/mol. The third kappa shape index (κ3) is 0.922. The van der Waals surface area contributed by atoms with E-state index in [1.807, 2.05) is 36.5 Å². The summed E-state index contributed by atoms with van der Waals surface area (Å²) in [6, 6.07) is 7.94. The minimum absolute atomic E-state index is 0.631. The highest BCUT2D eigenvalue weighted by Gasteiger charge is 2.11. The summed E-state index contributed by atoms with van der Waals surface area (Å²) >= 11 is 0. The van der Waals surface area contributed by atoms with Crippen LogP contribution in [0.3, 0.4) is 0 Å². The van der Waals surface area contributed by atoms with Crippen LogP contribution in [0.15, 0.2) is 30.5 Å². The van der Waals surface area contributed by atoms with Crippen molar-refractivity contribution in [2.75, 3.05) is 5.32 Å². The summed E-state index contributed by atoms with van der Waals surface area (Å²) in [6.45, 7) is 0. The summed E-state index contributed by atoms with van der Waals surface area (Å²) in [7, 11) is 0. The number of benzene rings is 1. The van der Waals surface area contributed by atoms with E-state index in [9.17, 15) is 0 Å². The van der Waals surface area contributed by atoms with Crippen LogP contribution in [0.1, 0.15) is 5.56 Å². The van der Waals surface area contributed by atoms with Crippen molar-refractivity contribution in [2.24, 2.45) is 0 Å². The fourth-order valence-electron chi connectivity index (χ4n) is 1.47. The van der Waals surface area contributed by atoms with Gasteiger partial charge in [0, 0.05) is 11.8 Å². The lowest BCUT2D eigenvalue weighted by Gasteiger charge is -2.03. The van der Waals surface area contributed by atoms with E-state index in [2.05, 4.69) is 20.8 Å². The number of rotatable bonds is 0. The smallest absolute Gasteiger partial charge is 0.251 e. The molecule has 0 atom stereocenters. The van der Waals surface area contributed by atoms with Gasteiger partial charge >= 0.3 is 0 Å². The molecule has 1 aliphatic heterocycles. The van der Waals surface area contributed by atoms with Gasteiger partial charge in [-0.15, -0.1) is 0 Å². The first-order valence-electron chi connectivity index (χ1n) is 4.26. The summed E-state index contributed by atoms with van der Waals surface area (Å²) in [5.74, 6) is 0.631. The van der Waals surface area contributed by atoms with Gasteiger partial charge in [-0.3, -0.25) is 0 Å². The Kier molecular flexibility index (Phi) is 1.38. The quantitative estimate of drug-likeness (QED) is 0.666. The van der Waals surface area contributed by atoms with Crippen LogP contribution in [0, 0.1) is 0 Å². The van der Waals surface area contributed by atoms with Crippen LogP contribution in [0.25, 0.3) is 11.8 Å². The van der Waals surface area contributed by atoms with Gasteiger partial charge in [0.05, 0.1) is 5.69 Å². The summed E-state index contributed by atoms with van der Waals surface area (Å²) in [5.41, 5.74) is 2.07. The molecule has 2 heterocycles. The molecule has 0 radical (unpaired) electrons. The molecule has 0 fully saturated rings. The number of hydrogen-bond acceptors (Lipinski definition) is 4. The molecule has 14 heavy (non-hydrogen) atoms. The molecule has 3 rings (SSSR count). The van der Waals surface area contributed by atoms with Gasteiger partial charge in [0.25, 0.3) is 5.95 Å². The Morgan fingerprint density at radius 2 is 2.14 bits per heavy atom. The summed E-state index contributed by atoms with van der Waals surface area (Å²) in [5, 5.41) is 14.4. The van der Waals surface area contributed by atoms with E-state index in [-0.39, 0.29) is 0 Å². The monoisotopic (exact) mass is 185 g/mol. The van der Waals surface area contributed by atoms with Crippen LogP contribution < -0.4 is 5.32 Å². The number of anilines is 1. The van der Waals surface area contributed by atoms with Gasteiger partial charge in [-0.2, -0.15) is 4.68 Å². The van der Waals surface area contributed by atoms with Gasteiger partial charge in [0.1, 0.15) is 0 Å². The summed E-state index contributed by atoms with van der Waals surface area (Å²) < 4.78 is 1.68. The molecular weight excluding hydrogens is 178 g/mol. The summed E-state index contributed by atoms with van der Waals surface area (Å²) in [4.78, 5) is 0. The molecule has 1 aromatic heterocycles. The van der Waals surface area contributed by atoms with Gasteiger partial charge in [-0.25, -0.2) is 0 Å². The number of para-hydroxylation sites is 1. The third-order valence-corrected chi connectivity index (χ3v) is 2.11. The minimum atomic E-state index is 0.631. The molecular formula is C9H7N5. The molecule has 1 N–H and O–H groups in total. The molecule has 1 aliphatic rings. The Morgan fingerprint density at radius 3 is 3.14 bits per heavy atom. The first-order chi connectivity index (χ1) is 6.95. The fourth-order valence-corrected chi connectivity index (χ4v) is 1.47. The Balaban J connectivity index is 2.34. The van der Waals surface area contributed by atoms with Gasteiger partial charge in [-0.1, -0.05) is 23.3 Å². The van der Waals surface area contributed by atoms with Crippen LogP contribution in [0.2, 0.25) is 0 Å². The predicted octanol–water partition coefficient (Wildman–Crippen LogP) is 1.06. The molecule has 0 amide bonds. The third-order valence-electron chi connectivity index (χ3n) is 2.11. The first-order valence-corrected chi connectivity index (χ1v) is 4.26. The van der Waals surface area contributed by atoms with Gasteiger partial charge in [-0.05, 0) is 22.6 Å². The Hall–Kier alpha value is -2.17. The molecule has 68 valence electrons. The second-order valence-electron chi connectivity index (χ2n) is 2.95. The lowest BCUT2D eigenvalue weighted by molar-refractivity contribution is 0.791. The van der Waals surface area contributed by atoms with Gasteiger partial charge in [0.2, 0.25) is 0 Å². The van der Waals surface area contributed by atoms with E-state index in [1.165, 1.54) is 0 Å². The largest absolute Gasteiger partial charge is 0.329 e. The maximum absolute atomic E-state index is 3.91. The fraction of sp³-hybridized carbons (Fsp3) is 0. The van der Waals surface area contributed by atoms with Crippen LogP contribution in [0.4, 0.5) is 5.95 Å². The molecule has 1 aromatic carbocycles. The maximum atomic E-state index is 3.91. The first kappa shape index (κ1) is 7.25. The van der Waals surface area contributed by atoms with Crippen molar-refractivity contribution in [3.63, 3.8) is 0 Å². The zero-order valence-electron chi connectivity index (χ0n) is 7.25. The van der Waals surface area contributed by atoms with Crippen molar-refractivity contribution < 1.29 is 0 Å². The van der Waals surface area contributed by atoms with Crippen molar-refractivity contribution in [3.05, 3.63) is 36.0 Å². The van der Waals surface area contributed by atoms with E-state index in [0.29, 0.717) is 5.95 Å². The number of fused-ring (bicyclic) bond motifs is 3. The number of tetrazole rings is 1. The Bertz CT molecular complexity index is 499. The van der Waals surface area contributed by atoms with E-state index < -0.39 is 0 Å². The highest BCUT2D eigenvalue weighted by atomic mass is 15.6. The lowest BCUT2D eigenvalue weighted by Crippen LogP contribution is -2.01. The van der Waals surface area contributed by atoms with Crippen LogP contribution in [-0.4, -0.2) is 20.2 Å². The van der Waals surface area contributed by atoms with E-state index in [0.717, 1.165) is 11.3 Å². The van der Waals surface area contributed by atoms with E-state index in [1.54, 1.807) is 4.68 Å². The molecule has 0 saturated heterocycles. The summed E-state index contributed by atoms with van der Waals surface area (Å²) in [6.07, 6.45) is 3.81. The number of nitrogens with one attached hydrogen (secondary N) is 1. The molecule has 2 aromatic rings. The van der Waals surface area contributed by atoms with Crippen LogP contribution in [-0.2, 0) is 0 Å². The highest BCUT2D eigenvalue weighted by molar-refractivity contribution is 5.65. The average Bonchev–Trinajstić information content (AvgIpc) is 2.61. The highest BCUT2D eigenvalue weighted by Crippen LogP contribution is 2.20. The Morgan fingerprint density at radius 1 is 1.21 bits per heavy atom. The van der Waals surface area contributed by atoms with E-state index >= 15 is 0 Å². The van der Waals surface area contributed by atoms with Crippen molar-refractivity contribution in [1.29, 1.82) is 0 Å². The zero-order chi connectivity index (χ0) is 9.38. The van der Waals surface area contributed by atoms with Gasteiger partial charge in [0.15, 0.2) is 0 Å². The number of nitrogens with zero attached hydrogens (tertiary/aromatic N) is 4. The molecule has 0 bridgehead atoms. The lowest BCUT2D eigenvalue weighted by atomic mass is 10.2. The zero-order valence-corrected chi connectivity index (χ0v) is 7.25. The van der Waals surface area contributed by atoms with Crippen molar-refractivity contribution in [2.45, 2.75) is 0 Å². The molecule has 0 unspecified atom stereocenters. The molecule has 5 heteroatoms. The molecule has 0 aliphatic carbocycles. The molecule has 0 saturated carbocycles. The van der Waals surface area contributed by atoms with Crippen molar-refractivity contribution >= 4 is 12.0 Å². The molecule has 0 spiro atoms. The Labute approximate surface area is 80.1 Å². The SMILES string of the molecule is C1=Cc2ccccc2-n2nnnc2N1. The second-order valence-corrected chi connectivity index (χ2v) is 2.95. The van der Waals surface area contributed by atoms with E-state index in [4.69, 9.17) is 0 Å². The molecule has 5 nitrogen and oxygen atoms in total. The average molecular weight is 185 g/mol.